The van der Waals surface area contributed by atoms with Crippen molar-refractivity contribution in [3.8, 4) is 11.5 Å². The first-order chi connectivity index (χ1) is 13.8. The van der Waals surface area contributed by atoms with E-state index in [1.165, 1.54) is 5.56 Å². The van der Waals surface area contributed by atoms with Gasteiger partial charge in [-0.25, -0.2) is 0 Å². The Labute approximate surface area is 165 Å². The van der Waals surface area contributed by atoms with E-state index in [1.807, 2.05) is 24.3 Å². The molecular weight excluding hydrogens is 356 g/mol. The summed E-state index contributed by atoms with van der Waals surface area (Å²) in [6.07, 6.45) is 0.130. The summed E-state index contributed by atoms with van der Waals surface area (Å²) >= 11 is 0. The fourth-order valence-corrected chi connectivity index (χ4v) is 3.84. The van der Waals surface area contributed by atoms with Crippen LogP contribution in [0.15, 0.2) is 53.7 Å². The zero-order valence-electron chi connectivity index (χ0n) is 16.3. The lowest BCUT2D eigenvalue weighted by Crippen LogP contribution is -2.23. The number of hydrogen-bond donors (Lipinski definition) is 0. The third-order valence-corrected chi connectivity index (χ3v) is 5.23. The summed E-state index contributed by atoms with van der Waals surface area (Å²) < 4.78 is 16.3. The second-order valence-electron chi connectivity index (χ2n) is 7.11. The van der Waals surface area contributed by atoms with Crippen molar-refractivity contribution in [1.82, 2.24) is 4.90 Å². The molecule has 6 nitrogen and oxygen atoms in total. The van der Waals surface area contributed by atoms with Crippen molar-refractivity contribution < 1.29 is 19.0 Å². The zero-order valence-corrected chi connectivity index (χ0v) is 16.3. The molecule has 0 aromatic heterocycles. The topological polar surface area (TPSA) is 52.5 Å². The first-order valence-corrected chi connectivity index (χ1v) is 9.58. The molecule has 6 heteroatoms. The lowest BCUT2D eigenvalue weighted by Gasteiger charge is -2.18. The van der Waals surface area contributed by atoms with Crippen LogP contribution in [-0.4, -0.2) is 57.2 Å². The van der Waals surface area contributed by atoms with Gasteiger partial charge in [0, 0.05) is 26.7 Å². The van der Waals surface area contributed by atoms with Crippen LogP contribution in [0.3, 0.4) is 0 Å². The maximum Gasteiger partial charge on any atom is 0.161 e. The van der Waals surface area contributed by atoms with Crippen molar-refractivity contribution in [2.24, 2.45) is 11.1 Å². The minimum Gasteiger partial charge on any atom is -0.493 e. The Hall–Kier alpha value is -2.57. The van der Waals surface area contributed by atoms with Gasteiger partial charge in [-0.1, -0.05) is 41.6 Å². The van der Waals surface area contributed by atoms with Crippen LogP contribution in [0, 0.1) is 5.92 Å². The molecule has 2 aromatic rings. The molecule has 0 bridgehead atoms. The van der Waals surface area contributed by atoms with E-state index >= 15 is 0 Å². The highest BCUT2D eigenvalue weighted by molar-refractivity contribution is 6.03. The van der Waals surface area contributed by atoms with E-state index < -0.39 is 0 Å². The molecule has 1 fully saturated rings. The van der Waals surface area contributed by atoms with Crippen molar-refractivity contribution in [1.29, 1.82) is 0 Å². The second kappa shape index (κ2) is 8.63. The average Bonchev–Trinajstić information content (AvgIpc) is 3.29. The Balaban J connectivity index is 1.42. The van der Waals surface area contributed by atoms with E-state index in [0.29, 0.717) is 19.1 Å². The molecule has 148 valence electrons. The normalized spacial score (nSPS) is 21.1. The van der Waals surface area contributed by atoms with Gasteiger partial charge >= 0.3 is 0 Å². The van der Waals surface area contributed by atoms with Crippen LogP contribution in [0.4, 0.5) is 0 Å². The molecule has 28 heavy (non-hydrogen) atoms. The number of likely N-dealkylation sites (tertiary alicyclic amines) is 1. The van der Waals surface area contributed by atoms with Crippen LogP contribution in [0.2, 0.25) is 0 Å². The minimum atomic E-state index is 0.130. The van der Waals surface area contributed by atoms with Gasteiger partial charge in [-0.05, 0) is 23.3 Å². The maximum atomic E-state index is 5.81. The first-order valence-electron chi connectivity index (χ1n) is 9.58. The van der Waals surface area contributed by atoms with E-state index in [-0.39, 0.29) is 6.10 Å². The van der Waals surface area contributed by atoms with E-state index in [1.54, 1.807) is 14.2 Å². The molecule has 0 radical (unpaired) electrons. The summed E-state index contributed by atoms with van der Waals surface area (Å²) in [5, 5.41) is 4.35. The molecule has 0 unspecified atom stereocenters. The standard InChI is InChI=1S/C22H26N2O4/c1-25-10-11-27-20-12-16(8-9-19(20)26-2)13-24-14-18-21(15-24)28-23-22(18)17-6-4-3-5-7-17/h3-9,12,18,21H,10-11,13-15H2,1-2H3/t18-,21+/m0/s1. The van der Waals surface area contributed by atoms with Crippen molar-refractivity contribution in [3.05, 3.63) is 59.7 Å². The highest BCUT2D eigenvalue weighted by Gasteiger charge is 2.42. The fourth-order valence-electron chi connectivity index (χ4n) is 3.84. The number of benzene rings is 2. The van der Waals surface area contributed by atoms with Gasteiger partial charge < -0.3 is 19.0 Å². The Kier molecular flexibility index (Phi) is 5.78. The number of hydrogen-bond acceptors (Lipinski definition) is 6. The lowest BCUT2D eigenvalue weighted by molar-refractivity contribution is 0.0745. The predicted octanol–water partition coefficient (Wildman–Crippen LogP) is 2.96. The van der Waals surface area contributed by atoms with E-state index in [4.69, 9.17) is 19.0 Å². The van der Waals surface area contributed by atoms with Gasteiger partial charge in [0.05, 0.1) is 25.3 Å². The van der Waals surface area contributed by atoms with Crippen LogP contribution >= 0.6 is 0 Å². The van der Waals surface area contributed by atoms with Crippen molar-refractivity contribution in [2.75, 3.05) is 40.5 Å². The summed E-state index contributed by atoms with van der Waals surface area (Å²) in [5.41, 5.74) is 3.40. The largest absolute Gasteiger partial charge is 0.493 e. The maximum absolute atomic E-state index is 5.81. The monoisotopic (exact) mass is 382 g/mol. The van der Waals surface area contributed by atoms with Gasteiger partial charge in [-0.15, -0.1) is 0 Å². The summed E-state index contributed by atoms with van der Waals surface area (Å²) in [6, 6.07) is 16.4. The highest BCUT2D eigenvalue weighted by atomic mass is 16.6. The highest BCUT2D eigenvalue weighted by Crippen LogP contribution is 2.33. The number of rotatable bonds is 8. The van der Waals surface area contributed by atoms with Crippen molar-refractivity contribution in [3.63, 3.8) is 0 Å². The number of methoxy groups -OCH3 is 2. The quantitative estimate of drug-likeness (QED) is 0.657. The molecule has 4 rings (SSSR count). The van der Waals surface area contributed by atoms with Gasteiger partial charge in [-0.2, -0.15) is 0 Å². The third kappa shape index (κ3) is 3.98. The smallest absolute Gasteiger partial charge is 0.161 e. The Morgan fingerprint density at radius 3 is 2.68 bits per heavy atom. The molecule has 2 heterocycles. The summed E-state index contributed by atoms with van der Waals surface area (Å²) in [4.78, 5) is 8.14. The predicted molar refractivity (Wildman–Crippen MR) is 107 cm³/mol. The number of fused-ring (bicyclic) bond motifs is 1. The second-order valence-corrected chi connectivity index (χ2v) is 7.11. The van der Waals surface area contributed by atoms with Gasteiger partial charge in [-0.3, -0.25) is 4.90 Å². The van der Waals surface area contributed by atoms with Gasteiger partial charge in [0.25, 0.3) is 0 Å². The van der Waals surface area contributed by atoms with Crippen LogP contribution < -0.4 is 9.47 Å². The third-order valence-electron chi connectivity index (χ3n) is 5.23. The Morgan fingerprint density at radius 2 is 1.89 bits per heavy atom. The molecule has 2 aromatic carbocycles. The fraction of sp³-hybridized carbons (Fsp3) is 0.409. The van der Waals surface area contributed by atoms with E-state index in [2.05, 4.69) is 34.3 Å². The molecule has 0 spiro atoms. The number of nitrogens with zero attached hydrogens (tertiary/aromatic N) is 2. The molecule has 0 amide bonds. The molecular formula is C22H26N2O4. The van der Waals surface area contributed by atoms with Crippen LogP contribution in [0.25, 0.3) is 0 Å². The molecule has 1 saturated heterocycles. The summed E-state index contributed by atoms with van der Waals surface area (Å²) in [7, 11) is 3.32. The lowest BCUT2D eigenvalue weighted by atomic mass is 9.95. The van der Waals surface area contributed by atoms with Crippen molar-refractivity contribution in [2.45, 2.75) is 12.6 Å². The SMILES string of the molecule is COCCOc1cc(CN2C[C@@H]3C(c4ccccc4)=NO[C@@H]3C2)ccc1OC. The molecule has 0 N–H and O–H groups in total. The summed E-state index contributed by atoms with van der Waals surface area (Å²) in [5.74, 6) is 1.80. The van der Waals surface area contributed by atoms with Crippen LogP contribution in [0.5, 0.6) is 11.5 Å². The van der Waals surface area contributed by atoms with Gasteiger partial charge in [0.15, 0.2) is 11.5 Å². The van der Waals surface area contributed by atoms with Crippen LogP contribution in [-0.2, 0) is 16.1 Å². The van der Waals surface area contributed by atoms with E-state index in [9.17, 15) is 0 Å². The minimum absolute atomic E-state index is 0.130. The van der Waals surface area contributed by atoms with E-state index in [0.717, 1.165) is 42.4 Å². The molecule has 2 aliphatic heterocycles. The summed E-state index contributed by atoms with van der Waals surface area (Å²) in [6.45, 7) is 3.68. The van der Waals surface area contributed by atoms with Gasteiger partial charge in [0.2, 0.25) is 0 Å². The molecule has 2 atom stereocenters. The zero-order chi connectivity index (χ0) is 19.3. The number of oxime groups is 1. The first kappa shape index (κ1) is 18.8. The average molecular weight is 382 g/mol. The Bertz CT molecular complexity index is 825. The molecule has 0 saturated carbocycles. The van der Waals surface area contributed by atoms with Gasteiger partial charge in [0.1, 0.15) is 12.7 Å². The number of ether oxygens (including phenoxy) is 3. The molecule has 0 aliphatic carbocycles. The van der Waals surface area contributed by atoms with Crippen LogP contribution in [0.1, 0.15) is 11.1 Å². The van der Waals surface area contributed by atoms with Crippen molar-refractivity contribution >= 4 is 5.71 Å². The Morgan fingerprint density at radius 1 is 1.04 bits per heavy atom. The molecule has 2 aliphatic rings.